The van der Waals surface area contributed by atoms with E-state index < -0.39 is 0 Å². The van der Waals surface area contributed by atoms with Crippen molar-refractivity contribution >= 4 is 5.97 Å². The standard InChI is InChI=1S/C15H30N5O2/c1-4-10-20(13-15(21)22-14(2)3)11-8-19(9-12-20)7-5-6-17-18-16/h14H,4-13H2,1-3H3/q+1. The molecule has 1 aliphatic rings. The number of rotatable bonds is 9. The van der Waals surface area contributed by atoms with Gasteiger partial charge in [0.1, 0.15) is 0 Å². The molecule has 0 unspecified atom stereocenters. The second-order valence-corrected chi connectivity index (χ2v) is 6.36. The third-order valence-electron chi connectivity index (χ3n) is 4.11. The van der Waals surface area contributed by atoms with Crippen molar-refractivity contribution in [1.82, 2.24) is 4.90 Å². The Morgan fingerprint density at radius 1 is 1.41 bits per heavy atom. The van der Waals surface area contributed by atoms with E-state index in [1.165, 1.54) is 0 Å². The largest absolute Gasteiger partial charge is 0.459 e. The van der Waals surface area contributed by atoms with Crippen molar-refractivity contribution in [3.8, 4) is 0 Å². The highest BCUT2D eigenvalue weighted by molar-refractivity contribution is 5.70. The Hall–Kier alpha value is -1.30. The smallest absolute Gasteiger partial charge is 0.362 e. The normalized spacial score (nSPS) is 18.0. The first kappa shape index (κ1) is 18.7. The van der Waals surface area contributed by atoms with Crippen LogP contribution in [0.5, 0.6) is 0 Å². The van der Waals surface area contributed by atoms with Crippen LogP contribution in [0.2, 0.25) is 0 Å². The predicted octanol–water partition coefficient (Wildman–Crippen LogP) is 2.18. The molecule has 0 atom stereocenters. The molecule has 0 aromatic heterocycles. The number of carbonyl (C=O) groups is 1. The molecule has 0 radical (unpaired) electrons. The van der Waals surface area contributed by atoms with Crippen LogP contribution >= 0.6 is 0 Å². The third kappa shape index (κ3) is 6.64. The minimum absolute atomic E-state index is 0.0452. The number of hydrogen-bond donors (Lipinski definition) is 0. The number of ether oxygens (including phenoxy) is 1. The van der Waals surface area contributed by atoms with Crippen LogP contribution < -0.4 is 0 Å². The van der Waals surface area contributed by atoms with Crippen LogP contribution in [0.15, 0.2) is 5.11 Å². The van der Waals surface area contributed by atoms with Crippen molar-refractivity contribution in [3.05, 3.63) is 10.4 Å². The van der Waals surface area contributed by atoms with Gasteiger partial charge in [-0.25, -0.2) is 4.79 Å². The molecule has 126 valence electrons. The van der Waals surface area contributed by atoms with Gasteiger partial charge in [-0.3, -0.25) is 4.90 Å². The van der Waals surface area contributed by atoms with Crippen molar-refractivity contribution in [2.45, 2.75) is 39.7 Å². The summed E-state index contributed by atoms with van der Waals surface area (Å²) in [6.07, 6.45) is 1.93. The molecule has 0 saturated carbocycles. The summed E-state index contributed by atoms with van der Waals surface area (Å²) in [5.41, 5.74) is 8.28. The first-order chi connectivity index (χ1) is 10.5. The quantitative estimate of drug-likeness (QED) is 0.163. The monoisotopic (exact) mass is 312 g/mol. The van der Waals surface area contributed by atoms with Gasteiger partial charge in [0.05, 0.1) is 25.7 Å². The Morgan fingerprint density at radius 3 is 2.64 bits per heavy atom. The van der Waals surface area contributed by atoms with Gasteiger partial charge in [0.15, 0.2) is 6.54 Å². The Bertz CT molecular complexity index is 385. The van der Waals surface area contributed by atoms with Crippen LogP contribution in [0.3, 0.4) is 0 Å². The maximum Gasteiger partial charge on any atom is 0.362 e. The van der Waals surface area contributed by atoms with E-state index in [0.29, 0.717) is 13.1 Å². The van der Waals surface area contributed by atoms with Gasteiger partial charge < -0.3 is 9.22 Å². The van der Waals surface area contributed by atoms with E-state index in [1.54, 1.807) is 0 Å². The van der Waals surface area contributed by atoms with E-state index in [4.69, 9.17) is 10.3 Å². The van der Waals surface area contributed by atoms with E-state index in [2.05, 4.69) is 21.8 Å². The highest BCUT2D eigenvalue weighted by Crippen LogP contribution is 2.15. The Balaban J connectivity index is 2.46. The maximum atomic E-state index is 12.0. The summed E-state index contributed by atoms with van der Waals surface area (Å²) in [4.78, 5) is 17.2. The zero-order valence-corrected chi connectivity index (χ0v) is 14.2. The van der Waals surface area contributed by atoms with Crippen molar-refractivity contribution < 1.29 is 14.0 Å². The van der Waals surface area contributed by atoms with E-state index in [0.717, 1.165) is 56.6 Å². The minimum atomic E-state index is -0.0831. The highest BCUT2D eigenvalue weighted by atomic mass is 16.5. The summed E-state index contributed by atoms with van der Waals surface area (Å²) < 4.78 is 6.17. The second kappa shape index (κ2) is 9.66. The fraction of sp³-hybridized carbons (Fsp3) is 0.933. The number of hydrogen-bond acceptors (Lipinski definition) is 4. The fourth-order valence-corrected chi connectivity index (χ4v) is 3.07. The van der Waals surface area contributed by atoms with E-state index >= 15 is 0 Å². The molecule has 1 heterocycles. The number of esters is 1. The Morgan fingerprint density at radius 2 is 2.09 bits per heavy atom. The van der Waals surface area contributed by atoms with Crippen molar-refractivity contribution in [3.63, 3.8) is 0 Å². The molecule has 7 nitrogen and oxygen atoms in total. The predicted molar refractivity (Wildman–Crippen MR) is 86.3 cm³/mol. The molecule has 0 aromatic rings. The van der Waals surface area contributed by atoms with Gasteiger partial charge in [0.2, 0.25) is 0 Å². The van der Waals surface area contributed by atoms with Gasteiger partial charge in [-0.15, -0.1) is 0 Å². The minimum Gasteiger partial charge on any atom is -0.459 e. The molecule has 22 heavy (non-hydrogen) atoms. The summed E-state index contributed by atoms with van der Waals surface area (Å²) in [6, 6.07) is 0. The number of nitrogens with zero attached hydrogens (tertiary/aromatic N) is 5. The molecule has 0 aromatic carbocycles. The lowest BCUT2D eigenvalue weighted by molar-refractivity contribution is -0.925. The lowest BCUT2D eigenvalue weighted by Crippen LogP contribution is -2.61. The Kier molecular flexibility index (Phi) is 8.24. The molecule has 7 heteroatoms. The van der Waals surface area contributed by atoms with Gasteiger partial charge in [-0.2, -0.15) is 0 Å². The SMILES string of the molecule is CCC[N+]1(CC(=O)OC(C)C)CCN(CCCN=[N+]=[N-])CC1. The van der Waals surface area contributed by atoms with Crippen LogP contribution in [0, 0.1) is 0 Å². The molecule has 0 bridgehead atoms. The molecular formula is C15H30N5O2+. The van der Waals surface area contributed by atoms with Crippen LogP contribution in [0.25, 0.3) is 10.4 Å². The summed E-state index contributed by atoms with van der Waals surface area (Å²) in [5.74, 6) is -0.0831. The third-order valence-corrected chi connectivity index (χ3v) is 4.11. The topological polar surface area (TPSA) is 78.3 Å². The van der Waals surface area contributed by atoms with E-state index in [9.17, 15) is 4.79 Å². The summed E-state index contributed by atoms with van der Waals surface area (Å²) >= 11 is 0. The zero-order chi connectivity index (χ0) is 16.4. The van der Waals surface area contributed by atoms with Gasteiger partial charge >= 0.3 is 5.97 Å². The maximum absolute atomic E-state index is 12.0. The van der Waals surface area contributed by atoms with Crippen LogP contribution in [0.4, 0.5) is 0 Å². The number of carbonyl (C=O) groups excluding carboxylic acids is 1. The number of azide groups is 1. The molecule has 1 fully saturated rings. The molecule has 1 aliphatic heterocycles. The average molecular weight is 312 g/mol. The van der Waals surface area contributed by atoms with Gasteiger partial charge in [0, 0.05) is 24.5 Å². The molecule has 0 spiro atoms. The lowest BCUT2D eigenvalue weighted by atomic mass is 10.2. The van der Waals surface area contributed by atoms with Crippen molar-refractivity contribution in [2.24, 2.45) is 5.11 Å². The zero-order valence-electron chi connectivity index (χ0n) is 14.2. The van der Waals surface area contributed by atoms with Gasteiger partial charge in [-0.05, 0) is 38.8 Å². The number of quaternary nitrogens is 1. The molecule has 0 N–H and O–H groups in total. The molecular weight excluding hydrogens is 282 g/mol. The van der Waals surface area contributed by atoms with E-state index in [1.807, 2.05) is 13.8 Å². The average Bonchev–Trinajstić information content (AvgIpc) is 2.45. The van der Waals surface area contributed by atoms with Crippen molar-refractivity contribution in [2.75, 3.05) is 52.4 Å². The Labute approximate surface area is 133 Å². The van der Waals surface area contributed by atoms with Crippen LogP contribution in [-0.4, -0.2) is 73.8 Å². The van der Waals surface area contributed by atoms with Gasteiger partial charge in [0.25, 0.3) is 0 Å². The molecule has 1 rings (SSSR count). The summed E-state index contributed by atoms with van der Waals surface area (Å²) in [7, 11) is 0. The van der Waals surface area contributed by atoms with Crippen LogP contribution in [-0.2, 0) is 9.53 Å². The van der Waals surface area contributed by atoms with Crippen molar-refractivity contribution in [1.29, 1.82) is 0 Å². The summed E-state index contributed by atoms with van der Waals surface area (Å²) in [5, 5.41) is 3.57. The van der Waals surface area contributed by atoms with E-state index in [-0.39, 0.29) is 12.1 Å². The summed E-state index contributed by atoms with van der Waals surface area (Å²) in [6.45, 7) is 12.9. The second-order valence-electron chi connectivity index (χ2n) is 6.36. The first-order valence-electron chi connectivity index (χ1n) is 8.29. The lowest BCUT2D eigenvalue weighted by Gasteiger charge is -2.44. The molecule has 0 amide bonds. The number of piperazine rings is 1. The highest BCUT2D eigenvalue weighted by Gasteiger charge is 2.34. The molecule has 1 saturated heterocycles. The fourth-order valence-electron chi connectivity index (χ4n) is 3.07. The first-order valence-corrected chi connectivity index (χ1v) is 8.29. The van der Waals surface area contributed by atoms with Gasteiger partial charge in [-0.1, -0.05) is 12.0 Å². The molecule has 0 aliphatic carbocycles. The van der Waals surface area contributed by atoms with Crippen LogP contribution in [0.1, 0.15) is 33.6 Å².